The number of aromatic amines is 1. The Morgan fingerprint density at radius 2 is 2.64 bits per heavy atom. The van der Waals surface area contributed by atoms with Crippen molar-refractivity contribution >= 4 is 5.69 Å². The lowest BCUT2D eigenvalue weighted by molar-refractivity contribution is -0.385. The first-order valence-electron chi connectivity index (χ1n) is 2.91. The van der Waals surface area contributed by atoms with Crippen LogP contribution in [-0.4, -0.2) is 22.2 Å². The van der Waals surface area contributed by atoms with Crippen LogP contribution in [0.1, 0.15) is 5.69 Å². The normalized spacial score (nSPS) is 9.91. The fourth-order valence-electron chi connectivity index (χ4n) is 0.714. The SMILES string of the molecule is COCc1[nH]ncc1[N+](=O)[O-]. The van der Waals surface area contributed by atoms with Crippen LogP contribution in [0.3, 0.4) is 0 Å². The van der Waals surface area contributed by atoms with Crippen LogP contribution in [0.2, 0.25) is 0 Å². The van der Waals surface area contributed by atoms with Gasteiger partial charge in [0.2, 0.25) is 0 Å². The highest BCUT2D eigenvalue weighted by atomic mass is 16.6. The second-order valence-corrected chi connectivity index (χ2v) is 1.92. The van der Waals surface area contributed by atoms with E-state index in [0.29, 0.717) is 5.69 Å². The molecule has 0 fully saturated rings. The van der Waals surface area contributed by atoms with Crippen molar-refractivity contribution < 1.29 is 9.66 Å². The third-order valence-corrected chi connectivity index (χ3v) is 1.18. The molecule has 1 N–H and O–H groups in total. The summed E-state index contributed by atoms with van der Waals surface area (Å²) in [7, 11) is 1.46. The molecule has 0 aliphatic rings. The molecular formula is C5H7N3O3. The summed E-state index contributed by atoms with van der Waals surface area (Å²) >= 11 is 0. The summed E-state index contributed by atoms with van der Waals surface area (Å²) in [5.74, 6) is 0. The van der Waals surface area contributed by atoms with Crippen LogP contribution in [0.4, 0.5) is 5.69 Å². The van der Waals surface area contributed by atoms with Crippen LogP contribution < -0.4 is 0 Å². The van der Waals surface area contributed by atoms with Gasteiger partial charge >= 0.3 is 5.69 Å². The van der Waals surface area contributed by atoms with Gasteiger partial charge in [0.25, 0.3) is 0 Å². The zero-order chi connectivity index (χ0) is 8.27. The first kappa shape index (κ1) is 7.67. The van der Waals surface area contributed by atoms with Gasteiger partial charge in [-0.05, 0) is 0 Å². The van der Waals surface area contributed by atoms with Crippen LogP contribution in [0.5, 0.6) is 0 Å². The Labute approximate surface area is 62.3 Å². The number of nitrogens with zero attached hydrogens (tertiary/aromatic N) is 2. The molecule has 0 radical (unpaired) electrons. The summed E-state index contributed by atoms with van der Waals surface area (Å²) in [4.78, 5) is 9.75. The molecule has 6 heteroatoms. The van der Waals surface area contributed by atoms with Crippen LogP contribution >= 0.6 is 0 Å². The molecule has 0 unspecified atom stereocenters. The summed E-state index contributed by atoms with van der Waals surface area (Å²) in [5.41, 5.74) is 0.351. The Balaban J connectivity index is 2.87. The molecule has 0 bridgehead atoms. The maximum Gasteiger partial charge on any atom is 0.312 e. The summed E-state index contributed by atoms with van der Waals surface area (Å²) in [5, 5.41) is 16.2. The lowest BCUT2D eigenvalue weighted by Crippen LogP contribution is -1.94. The first-order chi connectivity index (χ1) is 5.25. The number of aromatic nitrogens is 2. The predicted molar refractivity (Wildman–Crippen MR) is 36.0 cm³/mol. The van der Waals surface area contributed by atoms with Crippen LogP contribution in [0, 0.1) is 10.1 Å². The summed E-state index contributed by atoms with van der Waals surface area (Å²) < 4.78 is 4.70. The molecule has 1 aromatic rings. The molecule has 0 aliphatic carbocycles. The molecule has 0 spiro atoms. The average Bonchev–Trinajstić information content (AvgIpc) is 2.36. The quantitative estimate of drug-likeness (QED) is 0.510. The van der Waals surface area contributed by atoms with Crippen LogP contribution in [-0.2, 0) is 11.3 Å². The zero-order valence-corrected chi connectivity index (χ0v) is 5.90. The van der Waals surface area contributed by atoms with Gasteiger partial charge < -0.3 is 4.74 Å². The lowest BCUT2D eigenvalue weighted by Gasteiger charge is -1.92. The van der Waals surface area contributed by atoms with Gasteiger partial charge in [-0.2, -0.15) is 5.10 Å². The fourth-order valence-corrected chi connectivity index (χ4v) is 0.714. The second kappa shape index (κ2) is 3.11. The molecule has 0 saturated heterocycles. The van der Waals surface area contributed by atoms with Gasteiger partial charge in [0, 0.05) is 7.11 Å². The van der Waals surface area contributed by atoms with Crippen molar-refractivity contribution in [1.29, 1.82) is 0 Å². The topological polar surface area (TPSA) is 81.0 Å². The van der Waals surface area contributed by atoms with E-state index in [2.05, 4.69) is 10.2 Å². The second-order valence-electron chi connectivity index (χ2n) is 1.92. The van der Waals surface area contributed by atoms with Crippen molar-refractivity contribution in [2.45, 2.75) is 6.61 Å². The number of nitrogens with one attached hydrogen (secondary N) is 1. The van der Waals surface area contributed by atoms with E-state index in [1.54, 1.807) is 0 Å². The van der Waals surface area contributed by atoms with Gasteiger partial charge in [0.15, 0.2) is 0 Å². The maximum absolute atomic E-state index is 10.2. The minimum absolute atomic E-state index is 0.0353. The molecule has 0 aliphatic heterocycles. The van der Waals surface area contributed by atoms with E-state index in [0.717, 1.165) is 6.20 Å². The molecular weight excluding hydrogens is 150 g/mol. The van der Waals surface area contributed by atoms with Crippen molar-refractivity contribution in [3.63, 3.8) is 0 Å². The monoisotopic (exact) mass is 157 g/mol. The number of hydrogen-bond acceptors (Lipinski definition) is 4. The summed E-state index contributed by atoms with van der Waals surface area (Å²) in [6, 6.07) is 0. The zero-order valence-electron chi connectivity index (χ0n) is 5.90. The Kier molecular flexibility index (Phi) is 2.17. The van der Waals surface area contributed by atoms with E-state index in [9.17, 15) is 10.1 Å². The minimum atomic E-state index is -0.502. The van der Waals surface area contributed by atoms with Gasteiger partial charge in [-0.15, -0.1) is 0 Å². The molecule has 1 aromatic heterocycles. The van der Waals surface area contributed by atoms with E-state index in [1.165, 1.54) is 7.11 Å². The maximum atomic E-state index is 10.2. The van der Waals surface area contributed by atoms with Crippen molar-refractivity contribution in [3.05, 3.63) is 22.0 Å². The first-order valence-corrected chi connectivity index (χ1v) is 2.91. The van der Waals surface area contributed by atoms with Crippen molar-refractivity contribution in [3.8, 4) is 0 Å². The Morgan fingerprint density at radius 1 is 1.91 bits per heavy atom. The van der Waals surface area contributed by atoms with E-state index in [4.69, 9.17) is 4.74 Å². The van der Waals surface area contributed by atoms with Gasteiger partial charge in [0.05, 0.1) is 11.5 Å². The summed E-state index contributed by atoms with van der Waals surface area (Å²) in [6.07, 6.45) is 1.16. The summed E-state index contributed by atoms with van der Waals surface area (Å²) in [6.45, 7) is 0.177. The number of ether oxygens (including phenoxy) is 1. The standard InChI is InChI=1S/C5H7N3O3/c1-11-3-4-5(8(9)10)2-6-7-4/h2H,3H2,1H3,(H,6,7). The molecule has 0 saturated carbocycles. The highest BCUT2D eigenvalue weighted by Crippen LogP contribution is 2.14. The van der Waals surface area contributed by atoms with E-state index < -0.39 is 4.92 Å². The third kappa shape index (κ3) is 1.53. The van der Waals surface area contributed by atoms with Gasteiger partial charge in [-0.25, -0.2) is 0 Å². The van der Waals surface area contributed by atoms with E-state index >= 15 is 0 Å². The van der Waals surface area contributed by atoms with Crippen LogP contribution in [0.15, 0.2) is 6.20 Å². The molecule has 11 heavy (non-hydrogen) atoms. The Bertz CT molecular complexity index is 257. The number of H-pyrrole nitrogens is 1. The van der Waals surface area contributed by atoms with E-state index in [1.807, 2.05) is 0 Å². The molecule has 6 nitrogen and oxygen atoms in total. The van der Waals surface area contributed by atoms with Crippen molar-refractivity contribution in [2.75, 3.05) is 7.11 Å². The lowest BCUT2D eigenvalue weighted by atomic mass is 10.4. The smallest absolute Gasteiger partial charge is 0.312 e. The highest BCUT2D eigenvalue weighted by Gasteiger charge is 2.14. The Morgan fingerprint density at radius 3 is 3.18 bits per heavy atom. The molecule has 0 amide bonds. The van der Waals surface area contributed by atoms with Crippen molar-refractivity contribution in [2.24, 2.45) is 0 Å². The largest absolute Gasteiger partial charge is 0.378 e. The Hall–Kier alpha value is -1.43. The minimum Gasteiger partial charge on any atom is -0.378 e. The van der Waals surface area contributed by atoms with Gasteiger partial charge in [0.1, 0.15) is 11.9 Å². The molecule has 0 aromatic carbocycles. The third-order valence-electron chi connectivity index (χ3n) is 1.18. The number of methoxy groups -OCH3 is 1. The highest BCUT2D eigenvalue weighted by molar-refractivity contribution is 5.30. The molecule has 1 rings (SSSR count). The van der Waals surface area contributed by atoms with Crippen molar-refractivity contribution in [1.82, 2.24) is 10.2 Å². The molecule has 1 heterocycles. The van der Waals surface area contributed by atoms with Gasteiger partial charge in [-0.3, -0.25) is 15.2 Å². The molecule has 0 atom stereocenters. The van der Waals surface area contributed by atoms with E-state index in [-0.39, 0.29) is 12.3 Å². The molecule has 60 valence electrons. The predicted octanol–water partition coefficient (Wildman–Crippen LogP) is 0.464. The fraction of sp³-hybridized carbons (Fsp3) is 0.400. The van der Waals surface area contributed by atoms with Crippen LogP contribution in [0.25, 0.3) is 0 Å². The average molecular weight is 157 g/mol. The number of nitro groups is 1. The number of hydrogen-bond donors (Lipinski definition) is 1. The number of rotatable bonds is 3. The van der Waals surface area contributed by atoms with Gasteiger partial charge in [-0.1, -0.05) is 0 Å².